The molecule has 0 aromatic carbocycles. The molecule has 1 unspecified atom stereocenters. The third-order valence-electron chi connectivity index (χ3n) is 3.60. The highest BCUT2D eigenvalue weighted by molar-refractivity contribution is 7.14. The molecule has 2 N–H and O–H groups in total. The Morgan fingerprint density at radius 3 is 3.00 bits per heavy atom. The molecule has 1 atom stereocenters. The van der Waals surface area contributed by atoms with Crippen LogP contribution in [-0.2, 0) is 6.42 Å². The summed E-state index contributed by atoms with van der Waals surface area (Å²) in [5.74, 6) is 0.0755. The van der Waals surface area contributed by atoms with Gasteiger partial charge in [0.25, 0.3) is 5.91 Å². The molecule has 100 valence electrons. The van der Waals surface area contributed by atoms with Crippen LogP contribution in [0.1, 0.15) is 41.2 Å². The molecule has 18 heavy (non-hydrogen) atoms. The molecular weight excluding hydrogens is 244 g/mol. The van der Waals surface area contributed by atoms with Crippen molar-refractivity contribution < 1.29 is 4.79 Å². The van der Waals surface area contributed by atoms with E-state index in [0.29, 0.717) is 0 Å². The van der Waals surface area contributed by atoms with Crippen molar-refractivity contribution in [2.24, 2.45) is 5.41 Å². The van der Waals surface area contributed by atoms with Crippen molar-refractivity contribution in [1.82, 2.24) is 10.6 Å². The number of thiophene rings is 1. The van der Waals surface area contributed by atoms with E-state index in [9.17, 15) is 4.79 Å². The van der Waals surface area contributed by atoms with Crippen LogP contribution in [-0.4, -0.2) is 25.5 Å². The third-order valence-corrected chi connectivity index (χ3v) is 4.82. The predicted molar refractivity (Wildman–Crippen MR) is 76.2 cm³/mol. The van der Waals surface area contributed by atoms with Gasteiger partial charge in [0.1, 0.15) is 0 Å². The van der Waals surface area contributed by atoms with Gasteiger partial charge in [0.15, 0.2) is 0 Å². The molecule has 1 amide bonds. The number of carbonyl (C=O) groups excluding carboxylic acids is 1. The first-order chi connectivity index (χ1) is 8.63. The highest BCUT2D eigenvalue weighted by atomic mass is 32.1. The first-order valence-electron chi connectivity index (χ1n) is 6.71. The summed E-state index contributed by atoms with van der Waals surface area (Å²) in [5.41, 5.74) is 0.207. The minimum atomic E-state index is 0.0755. The maximum atomic E-state index is 12.0. The van der Waals surface area contributed by atoms with Crippen LogP contribution in [0.2, 0.25) is 0 Å². The maximum Gasteiger partial charge on any atom is 0.261 e. The van der Waals surface area contributed by atoms with E-state index in [1.54, 1.807) is 11.3 Å². The fraction of sp³-hybridized carbons (Fsp3) is 0.643. The van der Waals surface area contributed by atoms with E-state index < -0.39 is 0 Å². The van der Waals surface area contributed by atoms with Crippen LogP contribution < -0.4 is 10.6 Å². The summed E-state index contributed by atoms with van der Waals surface area (Å²) in [5, 5.41) is 6.48. The van der Waals surface area contributed by atoms with E-state index >= 15 is 0 Å². The van der Waals surface area contributed by atoms with Crippen molar-refractivity contribution >= 4 is 17.2 Å². The third kappa shape index (κ3) is 3.33. The zero-order valence-corrected chi connectivity index (χ0v) is 12.0. The van der Waals surface area contributed by atoms with Crippen LogP contribution in [0, 0.1) is 5.41 Å². The largest absolute Gasteiger partial charge is 0.351 e. The van der Waals surface area contributed by atoms with Gasteiger partial charge in [-0.25, -0.2) is 0 Å². The molecule has 0 spiro atoms. The van der Waals surface area contributed by atoms with Gasteiger partial charge in [0, 0.05) is 18.0 Å². The molecule has 1 aromatic rings. The number of amides is 1. The van der Waals surface area contributed by atoms with Crippen molar-refractivity contribution in [3.05, 3.63) is 21.9 Å². The highest BCUT2D eigenvalue weighted by Crippen LogP contribution is 2.24. The Kier molecular flexibility index (Phi) is 4.40. The average Bonchev–Trinajstić information content (AvgIpc) is 2.86. The molecule has 2 rings (SSSR count). The molecule has 1 aliphatic heterocycles. The summed E-state index contributed by atoms with van der Waals surface area (Å²) < 4.78 is 0. The molecule has 2 heterocycles. The number of aryl methyl sites for hydroxylation is 1. The first-order valence-corrected chi connectivity index (χ1v) is 7.52. The van der Waals surface area contributed by atoms with Crippen LogP contribution in [0.25, 0.3) is 0 Å². The number of carbonyl (C=O) groups is 1. The van der Waals surface area contributed by atoms with E-state index in [1.807, 2.05) is 12.1 Å². The summed E-state index contributed by atoms with van der Waals surface area (Å²) in [6, 6.07) is 3.98. The monoisotopic (exact) mass is 266 g/mol. The number of hydrogen-bond acceptors (Lipinski definition) is 3. The van der Waals surface area contributed by atoms with E-state index in [0.717, 1.165) is 30.9 Å². The van der Waals surface area contributed by atoms with Crippen LogP contribution in [0.15, 0.2) is 12.1 Å². The fourth-order valence-corrected chi connectivity index (χ4v) is 3.20. The molecule has 0 saturated carbocycles. The SMILES string of the molecule is CCc1ccc(C(=O)NCC2(C)CCCNC2)s1. The van der Waals surface area contributed by atoms with Gasteiger partial charge in [0.05, 0.1) is 4.88 Å². The molecular formula is C14H22N2OS. The van der Waals surface area contributed by atoms with Gasteiger partial charge in [-0.15, -0.1) is 11.3 Å². The van der Waals surface area contributed by atoms with Gasteiger partial charge in [-0.3, -0.25) is 4.79 Å². The predicted octanol–water partition coefficient (Wildman–Crippen LogP) is 2.43. The average molecular weight is 266 g/mol. The molecule has 0 bridgehead atoms. The van der Waals surface area contributed by atoms with Gasteiger partial charge < -0.3 is 10.6 Å². The normalized spacial score (nSPS) is 23.9. The zero-order valence-electron chi connectivity index (χ0n) is 11.2. The van der Waals surface area contributed by atoms with E-state index in [2.05, 4.69) is 24.5 Å². The van der Waals surface area contributed by atoms with Gasteiger partial charge in [-0.05, 0) is 43.4 Å². The van der Waals surface area contributed by atoms with Crippen LogP contribution in [0.3, 0.4) is 0 Å². The zero-order chi connectivity index (χ0) is 13.0. The van der Waals surface area contributed by atoms with Gasteiger partial charge >= 0.3 is 0 Å². The molecule has 0 aliphatic carbocycles. The Morgan fingerprint density at radius 1 is 1.56 bits per heavy atom. The Bertz CT molecular complexity index is 408. The fourth-order valence-electron chi connectivity index (χ4n) is 2.34. The van der Waals surface area contributed by atoms with Crippen LogP contribution in [0.5, 0.6) is 0 Å². The Hall–Kier alpha value is -0.870. The summed E-state index contributed by atoms with van der Waals surface area (Å²) in [7, 11) is 0. The maximum absolute atomic E-state index is 12.0. The summed E-state index contributed by atoms with van der Waals surface area (Å²) in [6.07, 6.45) is 3.38. The lowest BCUT2D eigenvalue weighted by molar-refractivity contribution is 0.0929. The number of piperidine rings is 1. The topological polar surface area (TPSA) is 41.1 Å². The Balaban J connectivity index is 1.87. The van der Waals surface area contributed by atoms with Gasteiger partial charge in [-0.2, -0.15) is 0 Å². The lowest BCUT2D eigenvalue weighted by atomic mass is 9.83. The van der Waals surface area contributed by atoms with Crippen molar-refractivity contribution in [2.45, 2.75) is 33.1 Å². The standard InChI is InChI=1S/C14H22N2OS/c1-3-11-5-6-12(18-11)13(17)16-10-14(2)7-4-8-15-9-14/h5-6,15H,3-4,7-10H2,1-2H3,(H,16,17). The van der Waals surface area contributed by atoms with E-state index in [1.165, 1.54) is 17.7 Å². The molecule has 1 fully saturated rings. The Morgan fingerprint density at radius 2 is 2.39 bits per heavy atom. The summed E-state index contributed by atoms with van der Waals surface area (Å²) in [6.45, 7) is 7.22. The molecule has 4 heteroatoms. The van der Waals surface area contributed by atoms with Crippen molar-refractivity contribution in [1.29, 1.82) is 0 Å². The number of rotatable bonds is 4. The van der Waals surface area contributed by atoms with Crippen LogP contribution >= 0.6 is 11.3 Å². The van der Waals surface area contributed by atoms with Crippen molar-refractivity contribution in [2.75, 3.05) is 19.6 Å². The first kappa shape index (κ1) is 13.6. The van der Waals surface area contributed by atoms with E-state index in [-0.39, 0.29) is 11.3 Å². The molecule has 3 nitrogen and oxygen atoms in total. The quantitative estimate of drug-likeness (QED) is 0.879. The minimum absolute atomic E-state index is 0.0755. The van der Waals surface area contributed by atoms with Crippen molar-refractivity contribution in [3.63, 3.8) is 0 Å². The molecule has 0 radical (unpaired) electrons. The Labute approximate surface area is 113 Å². The van der Waals surface area contributed by atoms with Crippen molar-refractivity contribution in [3.8, 4) is 0 Å². The molecule has 1 saturated heterocycles. The summed E-state index contributed by atoms with van der Waals surface area (Å²) in [4.78, 5) is 14.1. The highest BCUT2D eigenvalue weighted by Gasteiger charge is 2.27. The smallest absolute Gasteiger partial charge is 0.261 e. The molecule has 1 aliphatic rings. The van der Waals surface area contributed by atoms with Gasteiger partial charge in [0.2, 0.25) is 0 Å². The molecule has 1 aromatic heterocycles. The summed E-state index contributed by atoms with van der Waals surface area (Å²) >= 11 is 1.60. The number of nitrogens with one attached hydrogen (secondary N) is 2. The van der Waals surface area contributed by atoms with Gasteiger partial charge in [-0.1, -0.05) is 13.8 Å². The lowest BCUT2D eigenvalue weighted by Crippen LogP contribution is -2.45. The minimum Gasteiger partial charge on any atom is -0.351 e. The second-order valence-electron chi connectivity index (χ2n) is 5.39. The second-order valence-corrected chi connectivity index (χ2v) is 6.56. The number of hydrogen-bond donors (Lipinski definition) is 2. The second kappa shape index (κ2) is 5.85. The van der Waals surface area contributed by atoms with E-state index in [4.69, 9.17) is 0 Å². The lowest BCUT2D eigenvalue weighted by Gasteiger charge is -2.34. The van der Waals surface area contributed by atoms with Crippen LogP contribution in [0.4, 0.5) is 0 Å².